The molecule has 0 saturated heterocycles. The predicted molar refractivity (Wildman–Crippen MR) is 71.9 cm³/mol. The molecule has 4 saturated carbocycles. The van der Waals surface area contributed by atoms with Gasteiger partial charge in [-0.05, 0) is 68.6 Å². The Morgan fingerprint density at radius 1 is 1.17 bits per heavy atom. The number of nitrogen functional groups attached to an aromatic ring is 1. The Morgan fingerprint density at radius 2 is 1.78 bits per heavy atom. The second kappa shape index (κ2) is 3.75. The highest BCUT2D eigenvalue weighted by atomic mass is 15.3. The monoisotopic (exact) mass is 245 g/mol. The van der Waals surface area contributed by atoms with Crippen LogP contribution < -0.4 is 5.73 Å². The normalized spacial score (nSPS) is 41.5. The second-order valence-corrected chi connectivity index (χ2v) is 6.99. The van der Waals surface area contributed by atoms with E-state index in [0.717, 1.165) is 47.5 Å². The molecular formula is C15H23N3. The number of aromatic nitrogens is 2. The van der Waals surface area contributed by atoms with Crippen LogP contribution in [0, 0.1) is 36.5 Å². The molecule has 3 heteroatoms. The molecule has 18 heavy (non-hydrogen) atoms. The lowest BCUT2D eigenvalue weighted by atomic mass is 9.52. The molecule has 1 aromatic heterocycles. The average Bonchev–Trinajstić information content (AvgIpc) is 2.64. The third kappa shape index (κ3) is 1.52. The van der Waals surface area contributed by atoms with Gasteiger partial charge >= 0.3 is 0 Å². The predicted octanol–water partition coefficient (Wildman–Crippen LogP) is 2.85. The smallest absolute Gasteiger partial charge is 0.124 e. The van der Waals surface area contributed by atoms with E-state index in [9.17, 15) is 0 Å². The molecule has 4 aliphatic carbocycles. The minimum atomic E-state index is 0.847. The summed E-state index contributed by atoms with van der Waals surface area (Å²) in [6, 6.07) is 0. The molecule has 0 atom stereocenters. The molecule has 4 aliphatic rings. The second-order valence-electron chi connectivity index (χ2n) is 6.99. The summed E-state index contributed by atoms with van der Waals surface area (Å²) in [7, 11) is 0. The lowest BCUT2D eigenvalue weighted by Gasteiger charge is -2.54. The van der Waals surface area contributed by atoms with Crippen molar-refractivity contribution in [3.63, 3.8) is 0 Å². The SMILES string of the molecule is Cc1cnn(CC2C3CC4CC(C3)CC2C4)c1N. The summed E-state index contributed by atoms with van der Waals surface area (Å²) in [4.78, 5) is 0. The zero-order chi connectivity index (χ0) is 12.3. The van der Waals surface area contributed by atoms with Gasteiger partial charge in [0.15, 0.2) is 0 Å². The van der Waals surface area contributed by atoms with E-state index in [0.29, 0.717) is 0 Å². The van der Waals surface area contributed by atoms with Gasteiger partial charge in [0.1, 0.15) is 5.82 Å². The third-order valence-corrected chi connectivity index (χ3v) is 5.88. The van der Waals surface area contributed by atoms with Crippen molar-refractivity contribution in [1.82, 2.24) is 9.78 Å². The number of rotatable bonds is 2. The van der Waals surface area contributed by atoms with Crippen molar-refractivity contribution in [3.05, 3.63) is 11.8 Å². The fraction of sp³-hybridized carbons (Fsp3) is 0.800. The Hall–Kier alpha value is -0.990. The summed E-state index contributed by atoms with van der Waals surface area (Å²) < 4.78 is 2.06. The molecular weight excluding hydrogens is 222 g/mol. The maximum absolute atomic E-state index is 6.11. The highest BCUT2D eigenvalue weighted by Gasteiger charge is 2.48. The van der Waals surface area contributed by atoms with E-state index in [1.54, 1.807) is 0 Å². The molecule has 0 unspecified atom stereocenters. The molecule has 5 rings (SSSR count). The molecule has 1 heterocycles. The molecule has 0 spiro atoms. The first-order chi connectivity index (χ1) is 8.70. The number of aryl methyl sites for hydroxylation is 1. The van der Waals surface area contributed by atoms with Gasteiger partial charge in [-0.15, -0.1) is 0 Å². The molecule has 4 bridgehead atoms. The zero-order valence-corrected chi connectivity index (χ0v) is 11.2. The maximum atomic E-state index is 6.11. The average molecular weight is 245 g/mol. The van der Waals surface area contributed by atoms with Crippen molar-refractivity contribution in [2.24, 2.45) is 29.6 Å². The Morgan fingerprint density at radius 3 is 2.28 bits per heavy atom. The van der Waals surface area contributed by atoms with E-state index >= 15 is 0 Å². The minimum absolute atomic E-state index is 0.847. The summed E-state index contributed by atoms with van der Waals surface area (Å²) in [5.74, 6) is 5.76. The Labute approximate surface area is 109 Å². The van der Waals surface area contributed by atoms with E-state index in [1.807, 2.05) is 6.20 Å². The van der Waals surface area contributed by atoms with Gasteiger partial charge in [-0.3, -0.25) is 0 Å². The molecule has 0 radical (unpaired) electrons. The van der Waals surface area contributed by atoms with Crippen LogP contribution in [0.15, 0.2) is 6.20 Å². The van der Waals surface area contributed by atoms with Crippen LogP contribution in [-0.4, -0.2) is 9.78 Å². The molecule has 0 aromatic carbocycles. The van der Waals surface area contributed by atoms with Gasteiger partial charge in [-0.1, -0.05) is 0 Å². The lowest BCUT2D eigenvalue weighted by Crippen LogP contribution is -2.46. The highest BCUT2D eigenvalue weighted by molar-refractivity contribution is 5.37. The summed E-state index contributed by atoms with van der Waals surface area (Å²) in [5.41, 5.74) is 7.23. The van der Waals surface area contributed by atoms with Crippen LogP contribution in [0.25, 0.3) is 0 Å². The Bertz CT molecular complexity index is 434. The molecule has 0 amide bonds. The molecule has 0 aliphatic heterocycles. The third-order valence-electron chi connectivity index (χ3n) is 5.88. The first-order valence-corrected chi connectivity index (χ1v) is 7.48. The van der Waals surface area contributed by atoms with Gasteiger partial charge in [-0.2, -0.15) is 5.10 Å². The molecule has 1 aromatic rings. The summed E-state index contributed by atoms with van der Waals surface area (Å²) in [6.45, 7) is 3.12. The van der Waals surface area contributed by atoms with Gasteiger partial charge in [0.25, 0.3) is 0 Å². The van der Waals surface area contributed by atoms with Gasteiger partial charge in [0.2, 0.25) is 0 Å². The van der Waals surface area contributed by atoms with E-state index in [4.69, 9.17) is 5.73 Å². The Balaban J connectivity index is 1.57. The lowest BCUT2D eigenvalue weighted by molar-refractivity contribution is -0.0440. The maximum Gasteiger partial charge on any atom is 0.124 e. The van der Waals surface area contributed by atoms with Crippen LogP contribution in [-0.2, 0) is 6.54 Å². The van der Waals surface area contributed by atoms with Gasteiger partial charge in [0.05, 0.1) is 6.20 Å². The minimum Gasteiger partial charge on any atom is -0.384 e. The summed E-state index contributed by atoms with van der Waals surface area (Å²) in [5, 5.41) is 4.46. The van der Waals surface area contributed by atoms with E-state index in [2.05, 4.69) is 16.7 Å². The molecule has 4 fully saturated rings. The zero-order valence-electron chi connectivity index (χ0n) is 11.2. The van der Waals surface area contributed by atoms with E-state index in [1.165, 1.54) is 32.1 Å². The van der Waals surface area contributed by atoms with Crippen molar-refractivity contribution in [2.45, 2.75) is 45.6 Å². The highest BCUT2D eigenvalue weighted by Crippen LogP contribution is 2.56. The van der Waals surface area contributed by atoms with E-state index < -0.39 is 0 Å². The van der Waals surface area contributed by atoms with E-state index in [-0.39, 0.29) is 0 Å². The summed E-state index contributed by atoms with van der Waals surface area (Å²) in [6.07, 6.45) is 9.37. The molecule has 2 N–H and O–H groups in total. The first-order valence-electron chi connectivity index (χ1n) is 7.48. The largest absolute Gasteiger partial charge is 0.384 e. The van der Waals surface area contributed by atoms with Crippen molar-refractivity contribution in [1.29, 1.82) is 0 Å². The van der Waals surface area contributed by atoms with Crippen LogP contribution in [0.2, 0.25) is 0 Å². The fourth-order valence-corrected chi connectivity index (χ4v) is 5.17. The summed E-state index contributed by atoms with van der Waals surface area (Å²) >= 11 is 0. The van der Waals surface area contributed by atoms with Crippen LogP contribution in [0.4, 0.5) is 5.82 Å². The van der Waals surface area contributed by atoms with Gasteiger partial charge in [0, 0.05) is 12.1 Å². The standard InChI is InChI=1S/C15H23N3/c1-9-7-17-18(15(9)16)8-14-12-3-10-2-11(5-12)6-13(14)4-10/h7,10-14H,2-6,8,16H2,1H3. The molecule has 3 nitrogen and oxygen atoms in total. The van der Waals surface area contributed by atoms with Gasteiger partial charge < -0.3 is 5.73 Å². The van der Waals surface area contributed by atoms with Crippen molar-refractivity contribution in [3.8, 4) is 0 Å². The van der Waals surface area contributed by atoms with Crippen LogP contribution in [0.1, 0.15) is 37.7 Å². The van der Waals surface area contributed by atoms with Gasteiger partial charge in [-0.25, -0.2) is 4.68 Å². The van der Waals surface area contributed by atoms with Crippen LogP contribution in [0.5, 0.6) is 0 Å². The number of anilines is 1. The number of nitrogens with two attached hydrogens (primary N) is 1. The first kappa shape index (κ1) is 10.9. The topological polar surface area (TPSA) is 43.8 Å². The fourth-order valence-electron chi connectivity index (χ4n) is 5.17. The number of nitrogens with zero attached hydrogens (tertiary/aromatic N) is 2. The number of hydrogen-bond acceptors (Lipinski definition) is 2. The van der Waals surface area contributed by atoms with Crippen molar-refractivity contribution < 1.29 is 0 Å². The van der Waals surface area contributed by atoms with Crippen LogP contribution in [0.3, 0.4) is 0 Å². The number of hydrogen-bond donors (Lipinski definition) is 1. The quantitative estimate of drug-likeness (QED) is 0.870. The molecule has 98 valence electrons. The van der Waals surface area contributed by atoms with Crippen molar-refractivity contribution >= 4 is 5.82 Å². The van der Waals surface area contributed by atoms with Crippen molar-refractivity contribution in [2.75, 3.05) is 5.73 Å². The Kier molecular flexibility index (Phi) is 2.27. The van der Waals surface area contributed by atoms with Crippen LogP contribution >= 0.6 is 0 Å².